The van der Waals surface area contributed by atoms with E-state index in [4.69, 9.17) is 5.73 Å². The number of rotatable bonds is 5. The molecule has 0 saturated carbocycles. The van der Waals surface area contributed by atoms with Crippen LogP contribution in [0.1, 0.15) is 19.8 Å². The maximum absolute atomic E-state index is 10.8. The van der Waals surface area contributed by atoms with E-state index in [0.717, 1.165) is 6.29 Å². The molecule has 0 bridgehead atoms. The van der Waals surface area contributed by atoms with E-state index in [1.165, 1.54) is 6.08 Å². The van der Waals surface area contributed by atoms with E-state index < -0.39 is 6.04 Å². The molecule has 3 nitrogen and oxygen atoms in total. The number of nitrogens with two attached hydrogens (primary N) is 1. The van der Waals surface area contributed by atoms with Gasteiger partial charge in [-0.05, 0) is 19.4 Å². The van der Waals surface area contributed by atoms with E-state index in [1.54, 1.807) is 13.0 Å². The Morgan fingerprint density at radius 2 is 2.18 bits per heavy atom. The Morgan fingerprint density at radius 3 is 2.64 bits per heavy atom. The summed E-state index contributed by atoms with van der Waals surface area (Å²) < 4.78 is 0. The molecule has 0 aromatic heterocycles. The van der Waals surface area contributed by atoms with Crippen LogP contribution in [0, 0.1) is 0 Å². The number of ketones is 1. The van der Waals surface area contributed by atoms with Crippen molar-refractivity contribution in [3.8, 4) is 0 Å². The lowest BCUT2D eigenvalue weighted by Crippen LogP contribution is -2.24. The molecule has 2 N–H and O–H groups in total. The Labute approximate surface area is 66.3 Å². The summed E-state index contributed by atoms with van der Waals surface area (Å²) in [6.45, 7) is 1.63. The Kier molecular flexibility index (Phi) is 5.29. The number of aldehydes is 1. The van der Waals surface area contributed by atoms with Gasteiger partial charge in [0, 0.05) is 6.42 Å². The largest absolute Gasteiger partial charge is 0.321 e. The summed E-state index contributed by atoms with van der Waals surface area (Å²) in [5.74, 6) is -0.101. The molecule has 0 aromatic carbocycles. The van der Waals surface area contributed by atoms with Crippen molar-refractivity contribution in [3.05, 3.63) is 12.2 Å². The van der Waals surface area contributed by atoms with Crippen LogP contribution in [-0.2, 0) is 9.59 Å². The van der Waals surface area contributed by atoms with Gasteiger partial charge in [-0.1, -0.05) is 6.08 Å². The molecule has 0 aromatic rings. The highest BCUT2D eigenvalue weighted by Gasteiger charge is 2.00. The Morgan fingerprint density at radius 1 is 1.55 bits per heavy atom. The third kappa shape index (κ3) is 5.48. The van der Waals surface area contributed by atoms with Gasteiger partial charge in [-0.25, -0.2) is 0 Å². The first-order chi connectivity index (χ1) is 5.18. The highest BCUT2D eigenvalue weighted by Crippen LogP contribution is 1.89. The normalized spacial score (nSPS) is 13.3. The van der Waals surface area contributed by atoms with E-state index in [-0.39, 0.29) is 5.78 Å². The molecule has 1 unspecified atom stereocenters. The van der Waals surface area contributed by atoms with Crippen LogP contribution >= 0.6 is 0 Å². The third-order valence-corrected chi connectivity index (χ3v) is 1.18. The Hall–Kier alpha value is -0.960. The molecule has 0 radical (unpaired) electrons. The molecule has 0 saturated heterocycles. The molecule has 0 fully saturated rings. The molecular weight excluding hydrogens is 142 g/mol. The fraction of sp³-hybridized carbons (Fsp3) is 0.500. The van der Waals surface area contributed by atoms with Gasteiger partial charge in [-0.15, -0.1) is 0 Å². The van der Waals surface area contributed by atoms with Crippen molar-refractivity contribution in [2.75, 3.05) is 0 Å². The van der Waals surface area contributed by atoms with Gasteiger partial charge in [0.2, 0.25) is 0 Å². The van der Waals surface area contributed by atoms with E-state index >= 15 is 0 Å². The maximum atomic E-state index is 10.8. The standard InChI is InChI=1S/C8H13NO2/c1-7(9)8(11)5-3-2-4-6-10/h3,5-7H,2,4,9H2,1H3. The topological polar surface area (TPSA) is 60.2 Å². The fourth-order valence-corrected chi connectivity index (χ4v) is 0.516. The molecule has 0 aliphatic carbocycles. The quantitative estimate of drug-likeness (QED) is 0.356. The predicted molar refractivity (Wildman–Crippen MR) is 43.1 cm³/mol. The number of carbonyl (C=O) groups excluding carboxylic acids is 2. The van der Waals surface area contributed by atoms with Gasteiger partial charge in [-0.3, -0.25) is 4.79 Å². The van der Waals surface area contributed by atoms with Crippen LogP contribution in [0.3, 0.4) is 0 Å². The molecule has 11 heavy (non-hydrogen) atoms. The van der Waals surface area contributed by atoms with Crippen molar-refractivity contribution in [2.24, 2.45) is 5.73 Å². The molecule has 0 aliphatic heterocycles. The van der Waals surface area contributed by atoms with Crippen LogP contribution in [0.15, 0.2) is 12.2 Å². The summed E-state index contributed by atoms with van der Waals surface area (Å²) in [5, 5.41) is 0. The van der Waals surface area contributed by atoms with Crippen molar-refractivity contribution in [1.82, 2.24) is 0 Å². The summed E-state index contributed by atoms with van der Waals surface area (Å²) in [5.41, 5.74) is 5.28. The molecule has 0 heterocycles. The lowest BCUT2D eigenvalue weighted by atomic mass is 10.2. The number of carbonyl (C=O) groups is 2. The average Bonchev–Trinajstić information content (AvgIpc) is 1.97. The maximum Gasteiger partial charge on any atom is 0.171 e. The second-order valence-corrected chi connectivity index (χ2v) is 2.34. The van der Waals surface area contributed by atoms with Gasteiger partial charge in [0.05, 0.1) is 6.04 Å². The third-order valence-electron chi connectivity index (χ3n) is 1.18. The summed E-state index contributed by atoms with van der Waals surface area (Å²) in [4.78, 5) is 20.6. The number of hydrogen-bond donors (Lipinski definition) is 1. The lowest BCUT2D eigenvalue weighted by Gasteiger charge is -1.95. The molecule has 0 rings (SSSR count). The van der Waals surface area contributed by atoms with E-state index in [9.17, 15) is 9.59 Å². The number of unbranched alkanes of at least 4 members (excludes halogenated alkanes) is 1. The van der Waals surface area contributed by atoms with Crippen LogP contribution < -0.4 is 5.73 Å². The summed E-state index contributed by atoms with van der Waals surface area (Å²) in [6.07, 6.45) is 4.99. The zero-order valence-electron chi connectivity index (χ0n) is 6.62. The fourth-order valence-electron chi connectivity index (χ4n) is 0.516. The van der Waals surface area contributed by atoms with Crippen molar-refractivity contribution in [2.45, 2.75) is 25.8 Å². The van der Waals surface area contributed by atoms with Crippen molar-refractivity contribution >= 4 is 12.1 Å². The zero-order chi connectivity index (χ0) is 8.69. The van der Waals surface area contributed by atoms with Gasteiger partial charge < -0.3 is 10.5 Å². The van der Waals surface area contributed by atoms with Gasteiger partial charge in [0.15, 0.2) is 5.78 Å². The van der Waals surface area contributed by atoms with Gasteiger partial charge in [0.25, 0.3) is 0 Å². The minimum Gasteiger partial charge on any atom is -0.321 e. The van der Waals surface area contributed by atoms with Crippen LogP contribution in [0.4, 0.5) is 0 Å². The monoisotopic (exact) mass is 155 g/mol. The second-order valence-electron chi connectivity index (χ2n) is 2.34. The minimum atomic E-state index is -0.442. The van der Waals surface area contributed by atoms with Crippen LogP contribution in [0.25, 0.3) is 0 Å². The molecule has 62 valence electrons. The van der Waals surface area contributed by atoms with Crippen molar-refractivity contribution in [1.29, 1.82) is 0 Å². The van der Waals surface area contributed by atoms with Crippen LogP contribution in [0.2, 0.25) is 0 Å². The summed E-state index contributed by atoms with van der Waals surface area (Å²) in [6, 6.07) is -0.442. The molecule has 0 amide bonds. The number of hydrogen-bond acceptors (Lipinski definition) is 3. The van der Waals surface area contributed by atoms with Crippen molar-refractivity contribution in [3.63, 3.8) is 0 Å². The predicted octanol–water partition coefficient (Wildman–Crippen LogP) is 0.438. The lowest BCUT2D eigenvalue weighted by molar-refractivity contribution is -0.115. The summed E-state index contributed by atoms with van der Waals surface area (Å²) in [7, 11) is 0. The minimum absolute atomic E-state index is 0.101. The van der Waals surface area contributed by atoms with E-state index in [0.29, 0.717) is 12.8 Å². The Balaban J connectivity index is 3.56. The SMILES string of the molecule is CC(N)C(=O)C=CCCC=O. The van der Waals surface area contributed by atoms with Crippen molar-refractivity contribution < 1.29 is 9.59 Å². The van der Waals surface area contributed by atoms with Gasteiger partial charge in [-0.2, -0.15) is 0 Å². The first kappa shape index (κ1) is 10.0. The summed E-state index contributed by atoms with van der Waals surface area (Å²) >= 11 is 0. The highest BCUT2D eigenvalue weighted by molar-refractivity contribution is 5.93. The Bertz CT molecular complexity index is 161. The van der Waals surface area contributed by atoms with Crippen LogP contribution in [0.5, 0.6) is 0 Å². The molecule has 1 atom stereocenters. The van der Waals surface area contributed by atoms with Gasteiger partial charge in [0.1, 0.15) is 6.29 Å². The highest BCUT2D eigenvalue weighted by atomic mass is 16.1. The molecule has 0 spiro atoms. The van der Waals surface area contributed by atoms with E-state index in [2.05, 4.69) is 0 Å². The smallest absolute Gasteiger partial charge is 0.171 e. The molecular formula is C8H13NO2. The first-order valence-electron chi connectivity index (χ1n) is 3.58. The zero-order valence-corrected chi connectivity index (χ0v) is 6.62. The first-order valence-corrected chi connectivity index (χ1v) is 3.58. The van der Waals surface area contributed by atoms with Gasteiger partial charge >= 0.3 is 0 Å². The van der Waals surface area contributed by atoms with Crippen LogP contribution in [-0.4, -0.2) is 18.1 Å². The second kappa shape index (κ2) is 5.80. The number of allylic oxidation sites excluding steroid dienone is 1. The average molecular weight is 155 g/mol. The molecule has 3 heteroatoms. The van der Waals surface area contributed by atoms with E-state index in [1.807, 2.05) is 0 Å². The molecule has 0 aliphatic rings.